The van der Waals surface area contributed by atoms with Crippen LogP contribution in [0.3, 0.4) is 0 Å². The van der Waals surface area contributed by atoms with Crippen molar-refractivity contribution >= 4 is 31.1 Å². The van der Waals surface area contributed by atoms with E-state index < -0.39 is 19.8 Å². The topological polar surface area (TPSA) is 173 Å². The van der Waals surface area contributed by atoms with Crippen LogP contribution in [0.4, 0.5) is 5.82 Å². The molecule has 0 fully saturated rings. The van der Waals surface area contributed by atoms with Crippen molar-refractivity contribution < 1.29 is 20.1 Å². The minimum atomic E-state index is -1.88. The van der Waals surface area contributed by atoms with Crippen molar-refractivity contribution in [2.24, 2.45) is 34.0 Å². The number of aryl methyl sites for hydroxylation is 2. The van der Waals surface area contributed by atoms with Gasteiger partial charge in [-0.3, -0.25) is 9.59 Å². The summed E-state index contributed by atoms with van der Waals surface area (Å²) in [6, 6.07) is 4.71. The van der Waals surface area contributed by atoms with Gasteiger partial charge < -0.3 is 35.8 Å². The molecule has 11 heteroatoms. The van der Waals surface area contributed by atoms with E-state index in [2.05, 4.69) is 72.3 Å². The fourth-order valence-corrected chi connectivity index (χ4v) is 6.28. The Morgan fingerprint density at radius 3 is 1.62 bits per heavy atom. The van der Waals surface area contributed by atoms with Crippen LogP contribution in [0, 0.1) is 34.0 Å². The molecule has 222 valence electrons. The Labute approximate surface area is 238 Å². The second-order valence-electron chi connectivity index (χ2n) is 14.4. The number of aromatic nitrogens is 2. The van der Waals surface area contributed by atoms with E-state index in [1.165, 1.54) is 6.07 Å². The molecule has 3 atom stereocenters. The van der Waals surface area contributed by atoms with Crippen LogP contribution in [-0.4, -0.2) is 44.3 Å². The van der Waals surface area contributed by atoms with Gasteiger partial charge in [-0.2, -0.15) is 0 Å². The molecule has 0 aliphatic carbocycles. The number of nitrogen functional groups attached to an aromatic ring is 1. The van der Waals surface area contributed by atoms with Crippen LogP contribution in [0.5, 0.6) is 0 Å². The summed E-state index contributed by atoms with van der Waals surface area (Å²) in [6.07, 6.45) is 2.63. The van der Waals surface area contributed by atoms with Gasteiger partial charge in [0.25, 0.3) is 5.56 Å². The average Bonchev–Trinajstić information content (AvgIpc) is 2.77. The second-order valence-corrected chi connectivity index (χ2v) is 14.4. The molecule has 9 nitrogen and oxygen atoms in total. The molecule has 0 aliphatic rings. The van der Waals surface area contributed by atoms with Crippen LogP contribution in [0.15, 0.2) is 27.8 Å². The molecule has 0 spiro atoms. The highest BCUT2D eigenvalue weighted by atomic mass is 16.4. The third-order valence-corrected chi connectivity index (χ3v) is 8.30. The first kappa shape index (κ1) is 33.9. The molecule has 8 N–H and O–H groups in total. The number of nitrogens with two attached hydrogens (primary N) is 1. The lowest BCUT2D eigenvalue weighted by Crippen LogP contribution is -2.45. The van der Waals surface area contributed by atoms with Crippen molar-refractivity contribution in [3.8, 4) is 0 Å². The van der Waals surface area contributed by atoms with Gasteiger partial charge in [0.15, 0.2) is 0 Å². The SMILES string of the molecule is CC(C)(C)C(CCc1cc(B(O)O)c(=O)[nH]c1N)C(C(CCc1ccc(B(O)O)[nH]c1=O)C(C)(C)C)C(C)(C)C. The molecule has 2 rings (SSSR count). The van der Waals surface area contributed by atoms with Gasteiger partial charge in [0, 0.05) is 16.6 Å². The van der Waals surface area contributed by atoms with Gasteiger partial charge in [0.2, 0.25) is 5.56 Å². The Morgan fingerprint density at radius 2 is 1.23 bits per heavy atom. The molecule has 2 aromatic rings. The molecule has 40 heavy (non-hydrogen) atoms. The largest absolute Gasteiger partial charge is 0.505 e. The summed E-state index contributed by atoms with van der Waals surface area (Å²) in [5, 5.41) is 38.1. The van der Waals surface area contributed by atoms with Gasteiger partial charge >= 0.3 is 14.2 Å². The molecular weight excluding hydrogens is 508 g/mol. The molecule has 0 radical (unpaired) electrons. The predicted molar refractivity (Wildman–Crippen MR) is 164 cm³/mol. The fraction of sp³-hybridized carbons (Fsp3) is 0.655. The number of hydrogen-bond acceptors (Lipinski definition) is 7. The molecule has 0 saturated heterocycles. The lowest BCUT2D eigenvalue weighted by Gasteiger charge is -2.52. The molecule has 0 bridgehead atoms. The van der Waals surface area contributed by atoms with Crippen LogP contribution in [-0.2, 0) is 12.8 Å². The smallest absolute Gasteiger partial charge is 0.423 e. The third kappa shape index (κ3) is 8.58. The summed E-state index contributed by atoms with van der Waals surface area (Å²) >= 11 is 0. The number of anilines is 1. The summed E-state index contributed by atoms with van der Waals surface area (Å²) in [5.74, 6) is 0.909. The summed E-state index contributed by atoms with van der Waals surface area (Å²) in [4.78, 5) is 30.0. The zero-order valence-electron chi connectivity index (χ0n) is 25.6. The molecule has 2 aromatic heterocycles. The average molecular weight is 557 g/mol. The summed E-state index contributed by atoms with van der Waals surface area (Å²) in [6.45, 7) is 20.2. The number of rotatable bonds is 10. The summed E-state index contributed by atoms with van der Waals surface area (Å²) in [5.41, 5.74) is 6.20. The molecule has 0 amide bonds. The minimum absolute atomic E-state index is 0.0693. The van der Waals surface area contributed by atoms with Crippen LogP contribution >= 0.6 is 0 Å². The zero-order valence-corrected chi connectivity index (χ0v) is 25.6. The Bertz CT molecular complexity index is 1250. The minimum Gasteiger partial charge on any atom is -0.423 e. The summed E-state index contributed by atoms with van der Waals surface area (Å²) < 4.78 is 0. The summed E-state index contributed by atoms with van der Waals surface area (Å²) in [7, 11) is -3.61. The van der Waals surface area contributed by atoms with Gasteiger partial charge in [0.1, 0.15) is 5.82 Å². The van der Waals surface area contributed by atoms with Gasteiger partial charge in [0.05, 0.1) is 0 Å². The van der Waals surface area contributed by atoms with Gasteiger partial charge in [-0.05, 0) is 71.3 Å². The van der Waals surface area contributed by atoms with E-state index in [9.17, 15) is 29.7 Å². The van der Waals surface area contributed by atoms with E-state index in [0.29, 0.717) is 24.0 Å². The van der Waals surface area contributed by atoms with Crippen molar-refractivity contribution in [1.29, 1.82) is 0 Å². The first-order valence-electron chi connectivity index (χ1n) is 14.1. The van der Waals surface area contributed by atoms with Crippen molar-refractivity contribution in [2.75, 3.05) is 5.73 Å². The van der Waals surface area contributed by atoms with E-state index >= 15 is 0 Å². The van der Waals surface area contributed by atoms with E-state index in [1.54, 1.807) is 12.1 Å². The van der Waals surface area contributed by atoms with E-state index in [0.717, 1.165) is 12.8 Å². The second kappa shape index (κ2) is 12.7. The monoisotopic (exact) mass is 557 g/mol. The molecule has 0 aliphatic heterocycles. The quantitative estimate of drug-likeness (QED) is 0.217. The van der Waals surface area contributed by atoms with E-state index in [-0.39, 0.29) is 56.4 Å². The third-order valence-electron chi connectivity index (χ3n) is 8.30. The zero-order chi connectivity index (χ0) is 30.8. The standard InChI is InChI=1S/C29H49B2N3O6/c1-27(2,3)19(13-10-17-12-15-22(31(39)40)33-25(17)35)23(29(7,8)9)20(28(4,5)6)14-11-18-16-21(30(37)38)26(36)34-24(18)32/h12,15-16,19-20,23,37-40H,10-11,13-14H2,1-9H3,(H,33,35)(H3,32,34,36). The highest BCUT2D eigenvalue weighted by Crippen LogP contribution is 2.53. The normalized spacial score (nSPS) is 15.0. The molecular formula is C29H49B2N3O6. The Hall–Kier alpha value is -2.33. The van der Waals surface area contributed by atoms with Crippen molar-refractivity contribution in [3.05, 3.63) is 50.0 Å². The number of aromatic amines is 2. The maximum atomic E-state index is 12.7. The lowest BCUT2D eigenvalue weighted by atomic mass is 9.53. The number of H-pyrrole nitrogens is 2. The van der Waals surface area contributed by atoms with E-state index in [4.69, 9.17) is 5.73 Å². The molecule has 3 unspecified atom stereocenters. The van der Waals surface area contributed by atoms with Gasteiger partial charge in [-0.25, -0.2) is 0 Å². The number of nitrogens with one attached hydrogen (secondary N) is 2. The first-order chi connectivity index (χ1) is 18.1. The van der Waals surface area contributed by atoms with E-state index in [1.807, 2.05) is 0 Å². The molecule has 0 aromatic carbocycles. The fourth-order valence-electron chi connectivity index (χ4n) is 6.28. The van der Waals surface area contributed by atoms with Crippen molar-refractivity contribution in [3.63, 3.8) is 0 Å². The van der Waals surface area contributed by atoms with Crippen LogP contribution < -0.4 is 27.9 Å². The first-order valence-corrected chi connectivity index (χ1v) is 14.1. The molecule has 2 heterocycles. The Morgan fingerprint density at radius 1 is 0.725 bits per heavy atom. The van der Waals surface area contributed by atoms with Crippen LogP contribution in [0.2, 0.25) is 0 Å². The Kier molecular flexibility index (Phi) is 10.7. The highest BCUT2D eigenvalue weighted by Gasteiger charge is 2.46. The maximum absolute atomic E-state index is 12.7. The highest BCUT2D eigenvalue weighted by molar-refractivity contribution is 6.58. The lowest BCUT2D eigenvalue weighted by molar-refractivity contribution is -0.0257. The number of pyridine rings is 2. The van der Waals surface area contributed by atoms with Gasteiger partial charge in [-0.15, -0.1) is 0 Å². The Balaban J connectivity index is 2.49. The van der Waals surface area contributed by atoms with Crippen molar-refractivity contribution in [2.45, 2.75) is 88.0 Å². The van der Waals surface area contributed by atoms with Gasteiger partial charge in [-0.1, -0.05) is 74.4 Å². The van der Waals surface area contributed by atoms with Crippen LogP contribution in [0.1, 0.15) is 86.3 Å². The maximum Gasteiger partial charge on any atom is 0.505 e. The molecule has 0 saturated carbocycles. The van der Waals surface area contributed by atoms with Crippen molar-refractivity contribution in [1.82, 2.24) is 9.97 Å². The number of hydrogen-bond donors (Lipinski definition) is 7. The predicted octanol–water partition coefficient (Wildman–Crippen LogP) is 1.56. The van der Waals surface area contributed by atoms with Crippen LogP contribution in [0.25, 0.3) is 0 Å².